The number of hydrogen-bond donors (Lipinski definition) is 3. The van der Waals surface area contributed by atoms with E-state index in [1.807, 2.05) is 0 Å². The van der Waals surface area contributed by atoms with E-state index in [1.165, 1.54) is 43.1 Å². The number of rotatable bonds is 8. The van der Waals surface area contributed by atoms with E-state index in [1.54, 1.807) is 42.5 Å². The number of anilines is 1. The molecule has 0 spiro atoms. The van der Waals surface area contributed by atoms with Gasteiger partial charge in [0.05, 0.1) is 52.0 Å². The lowest BCUT2D eigenvalue weighted by molar-refractivity contribution is 0.102. The lowest BCUT2D eigenvalue weighted by atomic mass is 10.0. The van der Waals surface area contributed by atoms with Crippen molar-refractivity contribution in [3.63, 3.8) is 0 Å². The van der Waals surface area contributed by atoms with E-state index in [9.17, 15) is 17.6 Å². The summed E-state index contributed by atoms with van der Waals surface area (Å²) < 4.78 is 54.3. The van der Waals surface area contributed by atoms with E-state index < -0.39 is 21.5 Å². The third kappa shape index (κ3) is 6.05. The van der Waals surface area contributed by atoms with Crippen molar-refractivity contribution in [3.05, 3.63) is 108 Å². The van der Waals surface area contributed by atoms with Gasteiger partial charge in [-0.15, -0.1) is 0 Å². The van der Waals surface area contributed by atoms with Crippen LogP contribution in [0, 0.1) is 11.6 Å². The van der Waals surface area contributed by atoms with Crippen LogP contribution in [0.1, 0.15) is 15.9 Å². The zero-order valence-electron chi connectivity index (χ0n) is 24.6. The quantitative estimate of drug-likeness (QED) is 0.188. The van der Waals surface area contributed by atoms with Gasteiger partial charge in [-0.3, -0.25) is 24.8 Å². The van der Waals surface area contributed by atoms with Crippen molar-refractivity contribution < 1.29 is 22.0 Å². The molecule has 0 aliphatic rings. The number of fused-ring (bicyclic) bond motifs is 2. The van der Waals surface area contributed by atoms with Crippen LogP contribution in [0.5, 0.6) is 0 Å². The smallest absolute Gasteiger partial charge is 0.255 e. The summed E-state index contributed by atoms with van der Waals surface area (Å²) in [7, 11) is -3.25. The number of H-pyrrole nitrogens is 2. The van der Waals surface area contributed by atoms with Crippen LogP contribution in [0.15, 0.2) is 85.6 Å². The van der Waals surface area contributed by atoms with E-state index in [4.69, 9.17) is 4.98 Å². The predicted molar refractivity (Wildman–Crippen MR) is 173 cm³/mol. The highest BCUT2D eigenvalue weighted by Gasteiger charge is 2.22. The molecule has 0 fully saturated rings. The van der Waals surface area contributed by atoms with Gasteiger partial charge in [0.25, 0.3) is 5.91 Å². The molecule has 0 atom stereocenters. The largest absolute Gasteiger partial charge is 0.335 e. The van der Waals surface area contributed by atoms with E-state index in [2.05, 4.69) is 35.5 Å². The summed E-state index contributed by atoms with van der Waals surface area (Å²) in [5, 5.41) is 10.0. The number of nitrogens with one attached hydrogen (secondary N) is 3. The molecular formula is C33H24F2N8O3S. The van der Waals surface area contributed by atoms with Gasteiger partial charge in [-0.2, -0.15) is 5.10 Å². The first-order valence-electron chi connectivity index (χ1n) is 14.3. The Balaban J connectivity index is 1.25. The first-order valence-corrected chi connectivity index (χ1v) is 16.3. The van der Waals surface area contributed by atoms with E-state index in [0.717, 1.165) is 6.26 Å². The molecule has 7 rings (SSSR count). The number of hydrogen-bond acceptors (Lipinski definition) is 8. The van der Waals surface area contributed by atoms with Crippen LogP contribution in [0.2, 0.25) is 0 Å². The Bertz CT molecular complexity index is 2430. The van der Waals surface area contributed by atoms with Crippen LogP contribution in [0.25, 0.3) is 55.8 Å². The molecule has 234 valence electrons. The normalized spacial score (nSPS) is 11.7. The number of benzene rings is 2. The van der Waals surface area contributed by atoms with Crippen molar-refractivity contribution in [2.45, 2.75) is 6.42 Å². The lowest BCUT2D eigenvalue weighted by Gasteiger charge is -2.08. The Kier molecular flexibility index (Phi) is 7.48. The molecule has 0 radical (unpaired) electrons. The van der Waals surface area contributed by atoms with Crippen molar-refractivity contribution in [2.24, 2.45) is 0 Å². The minimum Gasteiger partial charge on any atom is -0.335 e. The van der Waals surface area contributed by atoms with Gasteiger partial charge in [-0.05, 0) is 47.9 Å². The molecule has 0 aliphatic carbocycles. The van der Waals surface area contributed by atoms with Gasteiger partial charge in [0, 0.05) is 35.3 Å². The summed E-state index contributed by atoms with van der Waals surface area (Å²) >= 11 is 0. The molecule has 3 N–H and O–H groups in total. The summed E-state index contributed by atoms with van der Waals surface area (Å²) in [5.41, 5.74) is 4.04. The minimum atomic E-state index is -3.25. The van der Waals surface area contributed by atoms with Crippen LogP contribution in [-0.2, 0) is 16.3 Å². The van der Waals surface area contributed by atoms with Crippen molar-refractivity contribution in [2.75, 3.05) is 17.3 Å². The van der Waals surface area contributed by atoms with Crippen LogP contribution >= 0.6 is 0 Å². The second kappa shape index (κ2) is 11.8. The highest BCUT2D eigenvalue weighted by molar-refractivity contribution is 7.90. The Labute approximate surface area is 266 Å². The first-order chi connectivity index (χ1) is 22.6. The van der Waals surface area contributed by atoms with Crippen molar-refractivity contribution in [1.82, 2.24) is 35.1 Å². The number of pyridine rings is 3. The van der Waals surface area contributed by atoms with Crippen LogP contribution < -0.4 is 5.32 Å². The summed E-state index contributed by atoms with van der Waals surface area (Å²) in [6, 6.07) is 14.6. The Morgan fingerprint density at radius 3 is 2.51 bits per heavy atom. The van der Waals surface area contributed by atoms with Crippen molar-refractivity contribution >= 4 is 43.4 Å². The van der Waals surface area contributed by atoms with Crippen LogP contribution in [0.4, 0.5) is 14.5 Å². The second-order valence-corrected chi connectivity index (χ2v) is 13.2. The number of halogens is 2. The van der Waals surface area contributed by atoms with Crippen LogP contribution in [0.3, 0.4) is 0 Å². The number of sulfone groups is 1. The van der Waals surface area contributed by atoms with E-state index in [-0.39, 0.29) is 40.7 Å². The highest BCUT2D eigenvalue weighted by atomic mass is 32.2. The molecule has 11 nitrogen and oxygen atoms in total. The Morgan fingerprint density at radius 1 is 0.894 bits per heavy atom. The molecule has 0 bridgehead atoms. The number of imidazole rings is 1. The lowest BCUT2D eigenvalue weighted by Crippen LogP contribution is -2.11. The van der Waals surface area contributed by atoms with E-state index in [0.29, 0.717) is 50.1 Å². The molecule has 5 aromatic heterocycles. The first kappa shape index (κ1) is 29.8. The maximum atomic E-state index is 16.3. The maximum absolute atomic E-state index is 16.3. The number of carbonyl (C=O) groups excluding carboxylic acids is 1. The third-order valence-electron chi connectivity index (χ3n) is 7.50. The number of aromatic nitrogens is 7. The summed E-state index contributed by atoms with van der Waals surface area (Å²) in [5.74, 6) is -1.45. The minimum absolute atomic E-state index is 0.0108. The fourth-order valence-electron chi connectivity index (χ4n) is 5.29. The monoisotopic (exact) mass is 650 g/mol. The fraction of sp³-hybridized carbons (Fsp3) is 0.0909. The zero-order chi connectivity index (χ0) is 32.7. The van der Waals surface area contributed by atoms with Gasteiger partial charge in [0.1, 0.15) is 27.0 Å². The summed E-state index contributed by atoms with van der Waals surface area (Å²) in [6.45, 7) is 0. The molecule has 7 aromatic rings. The third-order valence-corrected chi connectivity index (χ3v) is 8.44. The number of aryl methyl sites for hydroxylation is 1. The van der Waals surface area contributed by atoms with Gasteiger partial charge in [-0.1, -0.05) is 24.3 Å². The average Bonchev–Trinajstić information content (AvgIpc) is 3.69. The number of aromatic amines is 2. The maximum Gasteiger partial charge on any atom is 0.255 e. The second-order valence-electron chi connectivity index (χ2n) is 11.0. The molecule has 1 amide bonds. The molecule has 5 heterocycles. The standard InChI is InChI=1S/C33H24F2N8O3S/c1-47(45,46)8-7-18-9-20(11-22(34)10-18)24-15-37-16-26-30(24)41-32(40-26)31-27-25(42-43-31)17-38-29(28(27)35)21-12-23(14-36-13-21)39-33(44)19-5-3-2-4-6-19/h2-6,9-17H,7-8H2,1H3,(H,39,44)(H,40,41)(H,42,43). The Hall–Kier alpha value is -5.89. The van der Waals surface area contributed by atoms with Gasteiger partial charge < -0.3 is 10.3 Å². The molecular weight excluding hydrogens is 626 g/mol. The molecule has 47 heavy (non-hydrogen) atoms. The molecule has 0 aliphatic heterocycles. The fourth-order valence-corrected chi connectivity index (χ4v) is 5.89. The average molecular weight is 651 g/mol. The SMILES string of the molecule is CS(=O)(=O)CCc1cc(F)cc(-c2cncc3[nH]c(-c4n[nH]c5cnc(-c6cncc(NC(=O)c7ccccc7)c6)c(F)c45)nc23)c1. The van der Waals surface area contributed by atoms with Gasteiger partial charge in [-0.25, -0.2) is 22.2 Å². The van der Waals surface area contributed by atoms with Gasteiger partial charge in [0.15, 0.2) is 11.6 Å². The summed E-state index contributed by atoms with van der Waals surface area (Å²) in [6.07, 6.45) is 8.69. The number of nitrogens with zero attached hydrogens (tertiary/aromatic N) is 5. The van der Waals surface area contributed by atoms with E-state index >= 15 is 4.39 Å². The highest BCUT2D eigenvalue weighted by Crippen LogP contribution is 2.35. The molecule has 0 saturated carbocycles. The molecule has 0 unspecified atom stereocenters. The van der Waals surface area contributed by atoms with Gasteiger partial charge >= 0.3 is 0 Å². The number of carbonyl (C=O) groups is 1. The predicted octanol–water partition coefficient (Wildman–Crippen LogP) is 5.74. The topological polar surface area (TPSA) is 159 Å². The van der Waals surface area contributed by atoms with Crippen molar-refractivity contribution in [3.8, 4) is 33.9 Å². The molecule has 14 heteroatoms. The summed E-state index contributed by atoms with van der Waals surface area (Å²) in [4.78, 5) is 33.2. The van der Waals surface area contributed by atoms with Crippen molar-refractivity contribution in [1.29, 1.82) is 0 Å². The van der Waals surface area contributed by atoms with Crippen LogP contribution in [-0.4, -0.2) is 61.5 Å². The zero-order valence-corrected chi connectivity index (χ0v) is 25.4. The Morgan fingerprint density at radius 2 is 1.70 bits per heavy atom. The molecule has 2 aromatic carbocycles. The molecule has 0 saturated heterocycles. The van der Waals surface area contributed by atoms with Gasteiger partial charge in [0.2, 0.25) is 0 Å². The number of amides is 1.